The van der Waals surface area contributed by atoms with Crippen LogP contribution in [-0.4, -0.2) is 39.7 Å². The molecule has 26 heavy (non-hydrogen) atoms. The number of carboxylic acid groups (broad SMARTS) is 1. The minimum absolute atomic E-state index is 0.109. The monoisotopic (exact) mass is 387 g/mol. The molecule has 0 unspecified atom stereocenters. The summed E-state index contributed by atoms with van der Waals surface area (Å²) in [7, 11) is 1.58. The molecule has 2 aromatic rings. The molecule has 134 valence electrons. The van der Waals surface area contributed by atoms with Crippen LogP contribution in [0.1, 0.15) is 18.5 Å². The van der Waals surface area contributed by atoms with E-state index in [9.17, 15) is 14.7 Å². The van der Waals surface area contributed by atoms with Crippen molar-refractivity contribution >= 4 is 57.2 Å². The number of hydrogen-bond donors (Lipinski definition) is 0. The number of carbonyl (C=O) groups is 2. The maximum absolute atomic E-state index is 12.5. The molecule has 0 N–H and O–H groups in total. The highest BCUT2D eigenvalue weighted by Gasteiger charge is 2.31. The summed E-state index contributed by atoms with van der Waals surface area (Å²) in [6.07, 6.45) is 1.87. The van der Waals surface area contributed by atoms with E-state index in [0.29, 0.717) is 32.6 Å². The normalized spacial score (nSPS) is 15.9. The van der Waals surface area contributed by atoms with Gasteiger partial charge in [-0.3, -0.25) is 9.69 Å². The highest BCUT2D eigenvalue weighted by molar-refractivity contribution is 8.26. The third-order valence-electron chi connectivity index (χ3n) is 3.84. The predicted octanol–water partition coefficient (Wildman–Crippen LogP) is 1.97. The van der Waals surface area contributed by atoms with Gasteiger partial charge < -0.3 is 14.6 Å². The number of aliphatic carboxylic acids is 1. The van der Waals surface area contributed by atoms with Gasteiger partial charge in [0.1, 0.15) is 15.6 Å². The highest BCUT2D eigenvalue weighted by Crippen LogP contribution is 2.33. The van der Waals surface area contributed by atoms with E-state index >= 15 is 0 Å². The molecule has 0 atom stereocenters. The Labute approximate surface area is 159 Å². The molecule has 1 aliphatic heterocycles. The Balaban J connectivity index is 1.83. The Bertz CT molecular complexity index is 927. The molecule has 2 heterocycles. The zero-order chi connectivity index (χ0) is 18.7. The van der Waals surface area contributed by atoms with Gasteiger partial charge in [0.05, 0.1) is 17.7 Å². The lowest BCUT2D eigenvalue weighted by Crippen LogP contribution is -2.30. The maximum atomic E-state index is 12.5. The van der Waals surface area contributed by atoms with Crippen LogP contribution in [0.3, 0.4) is 0 Å². The van der Waals surface area contributed by atoms with E-state index in [-0.39, 0.29) is 18.9 Å². The fourth-order valence-electron chi connectivity index (χ4n) is 2.59. The first kappa shape index (κ1) is 18.3. The van der Waals surface area contributed by atoms with E-state index < -0.39 is 5.97 Å². The summed E-state index contributed by atoms with van der Waals surface area (Å²) < 4.78 is 5.75. The number of thiocarbonyl (C=S) groups is 1. The molecule has 3 rings (SSSR count). The second-order valence-electron chi connectivity index (χ2n) is 5.58. The van der Waals surface area contributed by atoms with Crippen LogP contribution in [0.25, 0.3) is 17.0 Å². The molecule has 0 radical (unpaired) electrons. The van der Waals surface area contributed by atoms with Crippen molar-refractivity contribution in [3.63, 3.8) is 0 Å². The number of aromatic nitrogens is 1. The smallest absolute Gasteiger partial charge is 0.266 e. The first-order valence-corrected chi connectivity index (χ1v) is 9.11. The number of fused-ring (bicyclic) bond motifs is 1. The summed E-state index contributed by atoms with van der Waals surface area (Å²) in [6, 6.07) is 9.39. The number of carbonyl (C=O) groups excluding carboxylic acids is 2. The van der Waals surface area contributed by atoms with Crippen molar-refractivity contribution in [3.05, 3.63) is 40.9 Å². The highest BCUT2D eigenvalue weighted by atomic mass is 32.2. The van der Waals surface area contributed by atoms with Gasteiger partial charge in [-0.25, -0.2) is 4.98 Å². The molecule has 0 saturated carbocycles. The molecular formula is C18H15N2O4S2-. The Morgan fingerprint density at radius 1 is 1.38 bits per heavy atom. The lowest BCUT2D eigenvalue weighted by atomic mass is 10.2. The molecule has 6 nitrogen and oxygen atoms in total. The molecule has 1 saturated heterocycles. The molecule has 1 fully saturated rings. The summed E-state index contributed by atoms with van der Waals surface area (Å²) in [5, 5.41) is 11.5. The number of rotatable bonds is 6. The van der Waals surface area contributed by atoms with Crippen molar-refractivity contribution in [1.29, 1.82) is 0 Å². The van der Waals surface area contributed by atoms with E-state index in [1.54, 1.807) is 13.2 Å². The van der Waals surface area contributed by atoms with Gasteiger partial charge in [0.15, 0.2) is 0 Å². The number of hydrogen-bond acceptors (Lipinski definition) is 7. The van der Waals surface area contributed by atoms with Crippen LogP contribution in [0, 0.1) is 0 Å². The number of thioether (sulfide) groups is 1. The fourth-order valence-corrected chi connectivity index (χ4v) is 3.88. The lowest BCUT2D eigenvalue weighted by molar-refractivity contribution is -0.305. The maximum Gasteiger partial charge on any atom is 0.266 e. The van der Waals surface area contributed by atoms with E-state index in [0.717, 1.165) is 5.39 Å². The third-order valence-corrected chi connectivity index (χ3v) is 5.22. The number of para-hydroxylation sites is 1. The van der Waals surface area contributed by atoms with Crippen molar-refractivity contribution in [1.82, 2.24) is 9.88 Å². The minimum atomic E-state index is -1.14. The predicted molar refractivity (Wildman–Crippen MR) is 102 cm³/mol. The Morgan fingerprint density at radius 2 is 2.19 bits per heavy atom. The second-order valence-corrected chi connectivity index (χ2v) is 7.25. The standard InChI is InChI=1S/C18H16N2O4S2/c1-24-13-5-2-4-11-7-8-12(19-16(11)13)10-14-17(23)20(18(25)26-14)9-3-6-15(21)22/h2,4-5,7-8,10H,3,6,9H2,1H3,(H,21,22)/p-1/b14-10-. The van der Waals surface area contributed by atoms with Crippen molar-refractivity contribution in [2.75, 3.05) is 13.7 Å². The summed E-state index contributed by atoms with van der Waals surface area (Å²) in [5.74, 6) is -0.715. The second kappa shape index (κ2) is 7.84. The van der Waals surface area contributed by atoms with Crippen LogP contribution >= 0.6 is 24.0 Å². The molecule has 8 heteroatoms. The Kier molecular flexibility index (Phi) is 5.53. The fraction of sp³-hybridized carbons (Fsp3) is 0.222. The Hall–Kier alpha value is -2.45. The van der Waals surface area contributed by atoms with Crippen molar-refractivity contribution < 1.29 is 19.4 Å². The van der Waals surface area contributed by atoms with Gasteiger partial charge in [-0.15, -0.1) is 0 Å². The average molecular weight is 387 g/mol. The van der Waals surface area contributed by atoms with Crippen LogP contribution < -0.4 is 9.84 Å². The first-order valence-electron chi connectivity index (χ1n) is 7.88. The van der Waals surface area contributed by atoms with E-state index in [1.807, 2.05) is 30.3 Å². The lowest BCUT2D eigenvalue weighted by Gasteiger charge is -2.14. The summed E-state index contributed by atoms with van der Waals surface area (Å²) in [5.41, 5.74) is 1.34. The van der Waals surface area contributed by atoms with Crippen LogP contribution in [-0.2, 0) is 9.59 Å². The molecule has 0 spiro atoms. The summed E-state index contributed by atoms with van der Waals surface area (Å²) in [6.45, 7) is 0.259. The number of methoxy groups -OCH3 is 1. The molecular weight excluding hydrogens is 372 g/mol. The molecule has 1 amide bonds. The molecule has 1 aromatic carbocycles. The molecule has 0 aliphatic carbocycles. The van der Waals surface area contributed by atoms with Crippen molar-refractivity contribution in [3.8, 4) is 5.75 Å². The quantitative estimate of drug-likeness (QED) is 0.554. The topological polar surface area (TPSA) is 82.6 Å². The van der Waals surface area contributed by atoms with Crippen LogP contribution in [0.4, 0.5) is 0 Å². The largest absolute Gasteiger partial charge is 0.550 e. The van der Waals surface area contributed by atoms with E-state index in [4.69, 9.17) is 17.0 Å². The molecule has 0 bridgehead atoms. The number of nitrogens with zero attached hydrogens (tertiary/aromatic N) is 2. The number of amides is 1. The van der Waals surface area contributed by atoms with Gasteiger partial charge in [0, 0.05) is 17.9 Å². The zero-order valence-electron chi connectivity index (χ0n) is 13.9. The van der Waals surface area contributed by atoms with E-state index in [1.165, 1.54) is 16.7 Å². The van der Waals surface area contributed by atoms with Gasteiger partial charge in [-0.2, -0.15) is 0 Å². The summed E-state index contributed by atoms with van der Waals surface area (Å²) >= 11 is 6.42. The molecule has 1 aromatic heterocycles. The Morgan fingerprint density at radius 3 is 2.92 bits per heavy atom. The average Bonchev–Trinajstić information content (AvgIpc) is 2.88. The number of ether oxygens (including phenoxy) is 1. The SMILES string of the molecule is COc1cccc2ccc(/C=C3\SC(=S)N(CCCC(=O)[O-])C3=O)nc12. The number of benzene rings is 1. The number of carboxylic acids is 1. The van der Waals surface area contributed by atoms with Crippen molar-refractivity contribution in [2.45, 2.75) is 12.8 Å². The molecule has 1 aliphatic rings. The third kappa shape index (κ3) is 3.86. The first-order chi connectivity index (χ1) is 12.5. The van der Waals surface area contributed by atoms with E-state index in [2.05, 4.69) is 4.98 Å². The van der Waals surface area contributed by atoms with Crippen LogP contribution in [0.15, 0.2) is 35.2 Å². The number of pyridine rings is 1. The minimum Gasteiger partial charge on any atom is -0.550 e. The van der Waals surface area contributed by atoms with Gasteiger partial charge in [0.2, 0.25) is 0 Å². The summed E-state index contributed by atoms with van der Waals surface area (Å²) in [4.78, 5) is 29.5. The van der Waals surface area contributed by atoms with Gasteiger partial charge >= 0.3 is 0 Å². The van der Waals surface area contributed by atoms with Crippen molar-refractivity contribution in [2.24, 2.45) is 0 Å². The van der Waals surface area contributed by atoms with Crippen LogP contribution in [0.2, 0.25) is 0 Å². The van der Waals surface area contributed by atoms with Gasteiger partial charge in [-0.1, -0.05) is 42.2 Å². The van der Waals surface area contributed by atoms with Gasteiger partial charge in [0.25, 0.3) is 5.91 Å². The zero-order valence-corrected chi connectivity index (χ0v) is 15.6. The van der Waals surface area contributed by atoms with Gasteiger partial charge in [-0.05, 0) is 31.1 Å². The van der Waals surface area contributed by atoms with Crippen LogP contribution in [0.5, 0.6) is 5.75 Å².